The fourth-order valence-corrected chi connectivity index (χ4v) is 12.6. The van der Waals surface area contributed by atoms with Crippen LogP contribution in [0.15, 0.2) is 53.5 Å². The number of carbonyl (C=O) groups is 1. The van der Waals surface area contributed by atoms with E-state index in [2.05, 4.69) is 54.2 Å². The van der Waals surface area contributed by atoms with E-state index < -0.39 is 10.1 Å². The van der Waals surface area contributed by atoms with Crippen molar-refractivity contribution in [2.24, 2.45) is 56.7 Å². The standard InChI is InChI=1S/C37H52O4S/c1-24-9-11-26(12-10-24)42(39,40)41-23-25(2)27-15-18-34(5)21-22-36(7)28(32(27)34)13-14-30-35(6)19-17-31(38)33(3,4)29(35)16-20-37(30,36)8/h9-12,17,19,27-30,32H,2,13-16,18,20-23H2,1,3-8H3/t27-,28+,29-,30+,32+,34+,35-,36+,37+/m0/s1. The highest BCUT2D eigenvalue weighted by Crippen LogP contribution is 2.76. The van der Waals surface area contributed by atoms with Crippen molar-refractivity contribution in [1.29, 1.82) is 0 Å². The van der Waals surface area contributed by atoms with Crippen LogP contribution < -0.4 is 0 Å². The Morgan fingerprint density at radius 1 is 0.881 bits per heavy atom. The third kappa shape index (κ3) is 4.15. The van der Waals surface area contributed by atoms with E-state index in [4.69, 9.17) is 4.18 Å². The third-order valence-electron chi connectivity index (χ3n) is 14.4. The van der Waals surface area contributed by atoms with E-state index in [1.807, 2.05) is 25.1 Å². The fourth-order valence-electron chi connectivity index (χ4n) is 11.7. The van der Waals surface area contributed by atoms with Crippen molar-refractivity contribution in [3.05, 3.63) is 54.1 Å². The van der Waals surface area contributed by atoms with E-state index in [0.717, 1.165) is 24.0 Å². The monoisotopic (exact) mass is 592 g/mol. The van der Waals surface area contributed by atoms with Crippen LogP contribution in [-0.2, 0) is 19.1 Å². The predicted molar refractivity (Wildman–Crippen MR) is 168 cm³/mol. The smallest absolute Gasteiger partial charge is 0.294 e. The lowest BCUT2D eigenvalue weighted by Crippen LogP contribution is -2.65. The van der Waals surface area contributed by atoms with Gasteiger partial charge in [-0.15, -0.1) is 0 Å². The minimum Gasteiger partial charge on any atom is -0.294 e. The molecule has 1 aromatic rings. The van der Waals surface area contributed by atoms with Crippen LogP contribution in [-0.4, -0.2) is 20.8 Å². The predicted octanol–water partition coefficient (Wildman–Crippen LogP) is 8.70. The van der Waals surface area contributed by atoms with E-state index in [-0.39, 0.29) is 44.5 Å². The molecule has 0 bridgehead atoms. The van der Waals surface area contributed by atoms with Crippen LogP contribution in [0.5, 0.6) is 0 Å². The number of hydrogen-bond acceptors (Lipinski definition) is 4. The summed E-state index contributed by atoms with van der Waals surface area (Å²) in [5, 5.41) is 0. The molecule has 0 aliphatic heterocycles. The van der Waals surface area contributed by atoms with Crippen molar-refractivity contribution in [3.8, 4) is 0 Å². The van der Waals surface area contributed by atoms with Crippen molar-refractivity contribution in [2.75, 3.05) is 6.61 Å². The van der Waals surface area contributed by atoms with Gasteiger partial charge in [0.15, 0.2) is 5.78 Å². The second-order valence-electron chi connectivity index (χ2n) is 16.5. The Balaban J connectivity index is 1.27. The zero-order chi connectivity index (χ0) is 30.5. The first-order chi connectivity index (χ1) is 19.5. The molecule has 5 aliphatic carbocycles. The van der Waals surface area contributed by atoms with E-state index in [0.29, 0.717) is 29.5 Å². The first-order valence-electron chi connectivity index (χ1n) is 16.4. The topological polar surface area (TPSA) is 60.4 Å². The summed E-state index contributed by atoms with van der Waals surface area (Å²) in [6, 6.07) is 6.87. The Labute approximate surface area is 254 Å². The molecule has 5 aliphatic rings. The third-order valence-corrected chi connectivity index (χ3v) is 15.6. The SMILES string of the molecule is C=C(COS(=O)(=O)c1ccc(C)cc1)[C@@H]1CC[C@]2(C)CC[C@]3(C)[C@H](CC[C@@H]4[C@@]5(C)C=CC(=O)C(C)(C)[C@@H]5CC[C@]43C)[C@@H]12. The lowest BCUT2D eigenvalue weighted by Gasteiger charge is -2.71. The molecule has 0 saturated heterocycles. The summed E-state index contributed by atoms with van der Waals surface area (Å²) in [6.07, 6.45) is 13.6. The molecule has 4 nitrogen and oxygen atoms in total. The number of ketones is 1. The van der Waals surface area contributed by atoms with Crippen molar-refractivity contribution in [3.63, 3.8) is 0 Å². The average molecular weight is 593 g/mol. The summed E-state index contributed by atoms with van der Waals surface area (Å²) in [6.45, 7) is 21.0. The largest absolute Gasteiger partial charge is 0.297 e. The minimum absolute atomic E-state index is 0.0377. The second kappa shape index (κ2) is 9.64. The average Bonchev–Trinajstić information content (AvgIpc) is 3.28. The van der Waals surface area contributed by atoms with Crippen LogP contribution >= 0.6 is 0 Å². The number of rotatable bonds is 5. The van der Waals surface area contributed by atoms with Crippen molar-refractivity contribution < 1.29 is 17.4 Å². The van der Waals surface area contributed by atoms with Gasteiger partial charge in [-0.25, -0.2) is 0 Å². The Morgan fingerprint density at radius 2 is 1.57 bits per heavy atom. The molecule has 0 heterocycles. The quantitative estimate of drug-likeness (QED) is 0.253. The van der Waals surface area contributed by atoms with Crippen LogP contribution in [0.1, 0.15) is 98.5 Å². The van der Waals surface area contributed by atoms with E-state index in [1.165, 1.54) is 38.5 Å². The lowest BCUT2D eigenvalue weighted by atomic mass is 9.33. The molecule has 0 N–H and O–H groups in total. The molecule has 0 radical (unpaired) electrons. The number of aryl methyl sites for hydroxylation is 1. The van der Waals surface area contributed by atoms with Crippen LogP contribution in [0.3, 0.4) is 0 Å². The number of hydrogen-bond donors (Lipinski definition) is 0. The Hall–Kier alpha value is -1.72. The zero-order valence-electron chi connectivity index (χ0n) is 27.0. The first kappa shape index (κ1) is 30.3. The molecular formula is C37H52O4S. The van der Waals surface area contributed by atoms with Gasteiger partial charge >= 0.3 is 0 Å². The summed E-state index contributed by atoms with van der Waals surface area (Å²) in [5.74, 6) is 2.60. The van der Waals surface area contributed by atoms with Gasteiger partial charge in [0.2, 0.25) is 0 Å². The Kier molecular flexibility index (Phi) is 6.96. The van der Waals surface area contributed by atoms with Gasteiger partial charge in [0.05, 0.1) is 11.5 Å². The molecule has 4 saturated carbocycles. The summed E-state index contributed by atoms with van der Waals surface area (Å²) >= 11 is 0. The first-order valence-corrected chi connectivity index (χ1v) is 17.8. The van der Waals surface area contributed by atoms with Crippen LogP contribution in [0.25, 0.3) is 0 Å². The molecule has 0 amide bonds. The van der Waals surface area contributed by atoms with Crippen molar-refractivity contribution in [2.45, 2.75) is 105 Å². The summed E-state index contributed by atoms with van der Waals surface area (Å²) < 4.78 is 31.7. The van der Waals surface area contributed by atoms with E-state index in [9.17, 15) is 13.2 Å². The summed E-state index contributed by atoms with van der Waals surface area (Å²) in [5.41, 5.74) is 2.36. The van der Waals surface area contributed by atoms with Crippen molar-refractivity contribution >= 4 is 15.9 Å². The van der Waals surface area contributed by atoms with E-state index >= 15 is 0 Å². The minimum atomic E-state index is -3.83. The van der Waals surface area contributed by atoms with E-state index in [1.54, 1.807) is 12.1 Å². The number of fused-ring (bicyclic) bond motifs is 7. The fraction of sp³-hybridized carbons (Fsp3) is 0.703. The normalized spacial score (nSPS) is 44.1. The molecule has 0 spiro atoms. The molecule has 230 valence electrons. The van der Waals surface area contributed by atoms with Crippen LogP contribution in [0.2, 0.25) is 0 Å². The van der Waals surface area contributed by atoms with Gasteiger partial charge in [0.25, 0.3) is 10.1 Å². The molecule has 6 rings (SSSR count). The van der Waals surface area contributed by atoms with Crippen LogP contribution in [0, 0.1) is 63.6 Å². The van der Waals surface area contributed by atoms with Crippen molar-refractivity contribution in [1.82, 2.24) is 0 Å². The Bertz CT molecular complexity index is 1420. The molecule has 42 heavy (non-hydrogen) atoms. The second-order valence-corrected chi connectivity index (χ2v) is 18.1. The maximum Gasteiger partial charge on any atom is 0.297 e. The number of allylic oxidation sites excluding steroid dienone is 2. The summed E-state index contributed by atoms with van der Waals surface area (Å²) in [4.78, 5) is 13.2. The molecule has 0 aromatic heterocycles. The highest BCUT2D eigenvalue weighted by molar-refractivity contribution is 7.86. The maximum absolute atomic E-state index is 13.0. The molecule has 0 unspecified atom stereocenters. The van der Waals surface area contributed by atoms with Gasteiger partial charge in [0.1, 0.15) is 0 Å². The van der Waals surface area contributed by atoms with Gasteiger partial charge < -0.3 is 0 Å². The molecule has 4 fully saturated rings. The molecular weight excluding hydrogens is 540 g/mol. The van der Waals surface area contributed by atoms with Gasteiger partial charge in [-0.2, -0.15) is 8.42 Å². The zero-order valence-corrected chi connectivity index (χ0v) is 27.8. The van der Waals surface area contributed by atoms with Gasteiger partial charge in [-0.1, -0.05) is 71.9 Å². The Morgan fingerprint density at radius 3 is 2.26 bits per heavy atom. The molecule has 9 atom stereocenters. The van der Waals surface area contributed by atoms with Gasteiger partial charge in [-0.05, 0) is 133 Å². The van der Waals surface area contributed by atoms with Gasteiger partial charge in [-0.3, -0.25) is 8.98 Å². The highest BCUT2D eigenvalue weighted by Gasteiger charge is 2.69. The lowest BCUT2D eigenvalue weighted by molar-refractivity contribution is -0.216. The highest BCUT2D eigenvalue weighted by atomic mass is 32.2. The van der Waals surface area contributed by atoms with Crippen LogP contribution in [0.4, 0.5) is 0 Å². The summed E-state index contributed by atoms with van der Waals surface area (Å²) in [7, 11) is -3.83. The number of benzene rings is 1. The number of carbonyl (C=O) groups excluding carboxylic acids is 1. The van der Waals surface area contributed by atoms with Gasteiger partial charge in [0, 0.05) is 5.41 Å². The maximum atomic E-state index is 13.0. The molecule has 1 aromatic carbocycles. The molecule has 5 heteroatoms.